The average Bonchev–Trinajstić information content (AvgIpc) is 1.69. The molecule has 0 aliphatic rings. The average molecular weight is 101 g/mol. The Balaban J connectivity index is 2.91. The predicted octanol–water partition coefficient (Wildman–Crippen LogP) is 0.526. The van der Waals surface area contributed by atoms with Crippen LogP contribution in [0.4, 0.5) is 4.39 Å². The smallest absolute Gasteiger partial charge is 0.100 e. The van der Waals surface area contributed by atoms with Gasteiger partial charge in [0, 0.05) is 19.5 Å². The molecule has 0 atom stereocenters. The van der Waals surface area contributed by atoms with Crippen LogP contribution in [-0.2, 0) is 0 Å². The van der Waals surface area contributed by atoms with Crippen LogP contribution in [0.15, 0.2) is 0 Å². The first-order chi connectivity index (χ1) is 3.41. The van der Waals surface area contributed by atoms with Gasteiger partial charge in [-0.3, -0.25) is 4.39 Å². The van der Waals surface area contributed by atoms with Crippen LogP contribution >= 0.6 is 0 Å². The van der Waals surface area contributed by atoms with Crippen molar-refractivity contribution < 1.29 is 4.39 Å². The molecule has 0 bridgehead atoms. The van der Waals surface area contributed by atoms with Gasteiger partial charge in [0.2, 0.25) is 0 Å². The van der Waals surface area contributed by atoms with E-state index in [0.717, 1.165) is 0 Å². The molecule has 0 aliphatic heterocycles. The van der Waals surface area contributed by atoms with Crippen LogP contribution in [0.3, 0.4) is 0 Å². The van der Waals surface area contributed by atoms with Crippen LogP contribution in [0.25, 0.3) is 0 Å². The maximum absolute atomic E-state index is 11.2. The Morgan fingerprint density at radius 3 is 2.86 bits per heavy atom. The van der Waals surface area contributed by atoms with Gasteiger partial charge in [-0.15, -0.1) is 0 Å². The highest BCUT2D eigenvalue weighted by Crippen LogP contribution is 1.72. The molecule has 0 radical (unpaired) electrons. The van der Waals surface area contributed by atoms with Crippen molar-refractivity contribution in [2.24, 2.45) is 0 Å². The largest absolute Gasteiger partial charge is 0.349 e. The molecule has 1 N–H and O–H groups in total. The van der Waals surface area contributed by atoms with Crippen LogP contribution in [-0.4, -0.2) is 13.7 Å². The van der Waals surface area contributed by atoms with E-state index < -0.39 is 0 Å². The summed E-state index contributed by atoms with van der Waals surface area (Å²) in [4.78, 5) is 0. The van der Waals surface area contributed by atoms with Crippen molar-refractivity contribution in [3.63, 3.8) is 0 Å². The van der Waals surface area contributed by atoms with Gasteiger partial charge >= 0.3 is 0 Å². The molecule has 0 heterocycles. The van der Waals surface area contributed by atoms with E-state index in [-0.39, 0.29) is 6.67 Å². The molecule has 0 amide bonds. The SMILES string of the molecule is CNC#CCCF. The third-order valence-electron chi connectivity index (χ3n) is 0.433. The van der Waals surface area contributed by atoms with Gasteiger partial charge < -0.3 is 5.32 Å². The number of halogens is 1. The summed E-state index contributed by atoms with van der Waals surface area (Å²) >= 11 is 0. The van der Waals surface area contributed by atoms with Gasteiger partial charge in [0.15, 0.2) is 0 Å². The van der Waals surface area contributed by atoms with Crippen molar-refractivity contribution in [1.29, 1.82) is 0 Å². The Hall–Kier alpha value is -0.710. The fourth-order valence-corrected chi connectivity index (χ4v) is 0.198. The minimum atomic E-state index is -0.353. The van der Waals surface area contributed by atoms with E-state index in [2.05, 4.69) is 17.3 Å². The maximum Gasteiger partial charge on any atom is 0.100 e. The van der Waals surface area contributed by atoms with Gasteiger partial charge in [0.25, 0.3) is 0 Å². The summed E-state index contributed by atoms with van der Waals surface area (Å²) in [6.45, 7) is -0.353. The van der Waals surface area contributed by atoms with Gasteiger partial charge in [0.05, 0.1) is 0 Å². The highest BCUT2D eigenvalue weighted by molar-refractivity contribution is 4.95. The van der Waals surface area contributed by atoms with E-state index in [1.165, 1.54) is 0 Å². The molecule has 2 heteroatoms. The molecule has 0 unspecified atom stereocenters. The van der Waals surface area contributed by atoms with Crippen LogP contribution in [0.5, 0.6) is 0 Å². The summed E-state index contributed by atoms with van der Waals surface area (Å²) in [6, 6.07) is 2.51. The monoisotopic (exact) mass is 101 g/mol. The molecule has 0 aromatic carbocycles. The van der Waals surface area contributed by atoms with Crippen molar-refractivity contribution in [3.8, 4) is 12.0 Å². The van der Waals surface area contributed by atoms with Crippen molar-refractivity contribution >= 4 is 0 Å². The van der Waals surface area contributed by atoms with Crippen LogP contribution in [0, 0.1) is 12.0 Å². The zero-order valence-corrected chi connectivity index (χ0v) is 4.29. The Kier molecular flexibility index (Phi) is 4.75. The fraction of sp³-hybridized carbons (Fsp3) is 0.600. The number of hydrogen-bond donors (Lipinski definition) is 1. The Morgan fingerprint density at radius 1 is 1.71 bits per heavy atom. The van der Waals surface area contributed by atoms with E-state index in [1.54, 1.807) is 7.05 Å². The lowest BCUT2D eigenvalue weighted by molar-refractivity contribution is 0.505. The third-order valence-corrected chi connectivity index (χ3v) is 0.433. The van der Waals surface area contributed by atoms with Crippen molar-refractivity contribution in [1.82, 2.24) is 5.32 Å². The van der Waals surface area contributed by atoms with Crippen LogP contribution in [0.2, 0.25) is 0 Å². The van der Waals surface area contributed by atoms with E-state index in [4.69, 9.17) is 0 Å². The number of alkyl halides is 1. The second kappa shape index (κ2) is 5.29. The van der Waals surface area contributed by atoms with Crippen LogP contribution < -0.4 is 5.32 Å². The van der Waals surface area contributed by atoms with E-state index >= 15 is 0 Å². The Morgan fingerprint density at radius 2 is 2.43 bits per heavy atom. The first-order valence-electron chi connectivity index (χ1n) is 2.12. The minimum absolute atomic E-state index is 0.334. The molecule has 0 aromatic heterocycles. The lowest BCUT2D eigenvalue weighted by Gasteiger charge is -1.75. The molecule has 0 aromatic rings. The highest BCUT2D eigenvalue weighted by atomic mass is 19.1. The number of hydrogen-bond acceptors (Lipinski definition) is 1. The molecule has 1 nitrogen and oxygen atoms in total. The maximum atomic E-state index is 11.2. The molecule has 0 rings (SSSR count). The molecular weight excluding hydrogens is 93.1 g/mol. The summed E-state index contributed by atoms with van der Waals surface area (Å²) in [5, 5.41) is 2.57. The zero-order valence-electron chi connectivity index (χ0n) is 4.29. The normalized spacial score (nSPS) is 6.57. The summed E-state index contributed by atoms with van der Waals surface area (Å²) < 4.78 is 11.2. The topological polar surface area (TPSA) is 12.0 Å². The second-order valence-electron chi connectivity index (χ2n) is 0.991. The standard InChI is InChI=1S/C5H8FN/c1-7-5-3-2-4-6/h7H,2,4H2,1H3. The molecule has 7 heavy (non-hydrogen) atoms. The first-order valence-corrected chi connectivity index (χ1v) is 2.12. The lowest BCUT2D eigenvalue weighted by Crippen LogP contribution is -1.91. The van der Waals surface area contributed by atoms with E-state index in [0.29, 0.717) is 6.42 Å². The van der Waals surface area contributed by atoms with Gasteiger partial charge in [-0.25, -0.2) is 0 Å². The second-order valence-corrected chi connectivity index (χ2v) is 0.991. The van der Waals surface area contributed by atoms with Gasteiger partial charge in [-0.1, -0.05) is 5.92 Å². The Bertz CT molecular complexity index is 79.8. The highest BCUT2D eigenvalue weighted by Gasteiger charge is 1.69. The van der Waals surface area contributed by atoms with Crippen LogP contribution in [0.1, 0.15) is 6.42 Å². The summed E-state index contributed by atoms with van der Waals surface area (Å²) in [6.07, 6.45) is 0.334. The van der Waals surface area contributed by atoms with Gasteiger partial charge in [0.1, 0.15) is 6.67 Å². The van der Waals surface area contributed by atoms with E-state index in [1.807, 2.05) is 0 Å². The van der Waals surface area contributed by atoms with Crippen molar-refractivity contribution in [2.45, 2.75) is 6.42 Å². The Labute approximate surface area is 42.9 Å². The molecule has 40 valence electrons. The quantitative estimate of drug-likeness (QED) is 0.375. The van der Waals surface area contributed by atoms with Gasteiger partial charge in [-0.2, -0.15) is 0 Å². The van der Waals surface area contributed by atoms with Gasteiger partial charge in [-0.05, 0) is 0 Å². The molecular formula is C5H8FN. The zero-order chi connectivity index (χ0) is 5.54. The molecule has 0 saturated carbocycles. The minimum Gasteiger partial charge on any atom is -0.349 e. The summed E-state index contributed by atoms with van der Waals surface area (Å²) in [5.74, 6) is 2.55. The van der Waals surface area contributed by atoms with E-state index in [9.17, 15) is 4.39 Å². The molecule has 0 spiro atoms. The number of rotatable bonds is 1. The third kappa shape index (κ3) is 5.29. The lowest BCUT2D eigenvalue weighted by atomic mass is 10.5. The fourth-order valence-electron chi connectivity index (χ4n) is 0.198. The molecule has 0 aliphatic carbocycles. The predicted molar refractivity (Wildman–Crippen MR) is 27.4 cm³/mol. The van der Waals surface area contributed by atoms with Crippen molar-refractivity contribution in [3.05, 3.63) is 0 Å². The van der Waals surface area contributed by atoms with Crippen molar-refractivity contribution in [2.75, 3.05) is 13.7 Å². The molecule has 0 saturated heterocycles. The summed E-state index contributed by atoms with van der Waals surface area (Å²) in [5.41, 5.74) is 0. The summed E-state index contributed by atoms with van der Waals surface area (Å²) in [7, 11) is 1.70. The molecule has 0 fully saturated rings. The first kappa shape index (κ1) is 6.29. The number of nitrogens with one attached hydrogen (secondary N) is 1.